The number of anilines is 1. The number of halogens is 1. The van der Waals surface area contributed by atoms with Crippen LogP contribution in [-0.2, 0) is 0 Å². The number of hydrogen-bond acceptors (Lipinski definition) is 2. The van der Waals surface area contributed by atoms with Gasteiger partial charge in [-0.1, -0.05) is 38.8 Å². The van der Waals surface area contributed by atoms with Gasteiger partial charge in [0.1, 0.15) is 0 Å². The van der Waals surface area contributed by atoms with Crippen molar-refractivity contribution in [3.05, 3.63) is 29.3 Å². The predicted molar refractivity (Wildman–Crippen MR) is 84.1 cm³/mol. The van der Waals surface area contributed by atoms with Crippen molar-refractivity contribution in [1.82, 2.24) is 5.32 Å². The molecular weight excluding hydrogens is 256 g/mol. The smallest absolute Gasteiger partial charge is 0.0412 e. The second-order valence-electron chi connectivity index (χ2n) is 5.59. The molecule has 1 N–H and O–H groups in total. The van der Waals surface area contributed by atoms with E-state index in [1.54, 1.807) is 0 Å². The summed E-state index contributed by atoms with van der Waals surface area (Å²) in [5, 5.41) is 4.52. The van der Waals surface area contributed by atoms with Crippen LogP contribution >= 0.6 is 11.6 Å². The number of benzene rings is 1. The van der Waals surface area contributed by atoms with Gasteiger partial charge in [-0.05, 0) is 36.6 Å². The summed E-state index contributed by atoms with van der Waals surface area (Å²) in [6.45, 7) is 9.04. The third-order valence-corrected chi connectivity index (χ3v) is 4.66. The van der Waals surface area contributed by atoms with Crippen LogP contribution in [0.5, 0.6) is 0 Å². The molecule has 1 heterocycles. The van der Waals surface area contributed by atoms with E-state index in [2.05, 4.69) is 43.1 Å². The Kier molecular flexibility index (Phi) is 5.12. The summed E-state index contributed by atoms with van der Waals surface area (Å²) in [7, 11) is 0. The zero-order valence-corrected chi connectivity index (χ0v) is 13.0. The van der Waals surface area contributed by atoms with Gasteiger partial charge < -0.3 is 10.2 Å². The van der Waals surface area contributed by atoms with E-state index < -0.39 is 0 Å². The van der Waals surface area contributed by atoms with Gasteiger partial charge >= 0.3 is 0 Å². The van der Waals surface area contributed by atoms with Crippen molar-refractivity contribution >= 4 is 17.3 Å². The molecule has 2 rings (SSSR count). The van der Waals surface area contributed by atoms with E-state index in [9.17, 15) is 0 Å². The molecule has 1 aromatic carbocycles. The average molecular weight is 281 g/mol. The van der Waals surface area contributed by atoms with Crippen molar-refractivity contribution in [2.75, 3.05) is 18.0 Å². The van der Waals surface area contributed by atoms with Crippen LogP contribution in [0.3, 0.4) is 0 Å². The lowest BCUT2D eigenvalue weighted by Gasteiger charge is -2.43. The molecule has 0 bridgehead atoms. The molecule has 19 heavy (non-hydrogen) atoms. The number of hydrogen-bond donors (Lipinski definition) is 1. The molecule has 106 valence electrons. The molecular formula is C16H25ClN2. The minimum atomic E-state index is 0.585. The summed E-state index contributed by atoms with van der Waals surface area (Å²) in [6, 6.07) is 9.44. The van der Waals surface area contributed by atoms with Crippen LogP contribution in [0.1, 0.15) is 33.6 Å². The van der Waals surface area contributed by atoms with E-state index in [1.165, 1.54) is 18.5 Å². The number of nitrogens with one attached hydrogen (secondary N) is 1. The second kappa shape index (κ2) is 6.62. The van der Waals surface area contributed by atoms with Gasteiger partial charge in [-0.25, -0.2) is 0 Å². The maximum atomic E-state index is 5.99. The summed E-state index contributed by atoms with van der Waals surface area (Å²) < 4.78 is 0. The molecule has 2 nitrogen and oxygen atoms in total. The van der Waals surface area contributed by atoms with Gasteiger partial charge in [0.25, 0.3) is 0 Å². The van der Waals surface area contributed by atoms with Crippen LogP contribution < -0.4 is 10.2 Å². The van der Waals surface area contributed by atoms with Crippen LogP contribution in [-0.4, -0.2) is 25.2 Å². The van der Waals surface area contributed by atoms with Crippen LogP contribution in [0.25, 0.3) is 0 Å². The Morgan fingerprint density at radius 2 is 2.00 bits per heavy atom. The van der Waals surface area contributed by atoms with E-state index in [-0.39, 0.29) is 0 Å². The van der Waals surface area contributed by atoms with E-state index >= 15 is 0 Å². The molecule has 0 aromatic heterocycles. The van der Waals surface area contributed by atoms with Gasteiger partial charge in [0, 0.05) is 35.9 Å². The van der Waals surface area contributed by atoms with E-state index in [0.717, 1.165) is 18.1 Å². The average Bonchev–Trinajstić information content (AvgIpc) is 2.46. The van der Waals surface area contributed by atoms with Crippen LogP contribution in [0.2, 0.25) is 5.02 Å². The van der Waals surface area contributed by atoms with Gasteiger partial charge in [-0.2, -0.15) is 0 Å². The van der Waals surface area contributed by atoms with Gasteiger partial charge in [-0.3, -0.25) is 0 Å². The van der Waals surface area contributed by atoms with Crippen LogP contribution in [0.4, 0.5) is 5.69 Å². The number of piperazine rings is 1. The van der Waals surface area contributed by atoms with E-state index in [0.29, 0.717) is 18.0 Å². The Hall–Kier alpha value is -0.730. The molecule has 0 aliphatic carbocycles. The molecule has 1 aromatic rings. The summed E-state index contributed by atoms with van der Waals surface area (Å²) in [6.07, 6.45) is 2.39. The van der Waals surface area contributed by atoms with Crippen molar-refractivity contribution in [3.8, 4) is 0 Å². The van der Waals surface area contributed by atoms with Gasteiger partial charge in [0.05, 0.1) is 0 Å². The first-order chi connectivity index (χ1) is 9.15. The molecule has 3 unspecified atom stereocenters. The zero-order chi connectivity index (χ0) is 13.8. The van der Waals surface area contributed by atoms with Gasteiger partial charge in [-0.15, -0.1) is 0 Å². The lowest BCUT2D eigenvalue weighted by atomic mass is 9.94. The normalized spacial score (nSPS) is 25.4. The monoisotopic (exact) mass is 280 g/mol. The Morgan fingerprint density at radius 3 is 2.58 bits per heavy atom. The second-order valence-corrected chi connectivity index (χ2v) is 6.03. The molecule has 0 amide bonds. The Morgan fingerprint density at radius 1 is 1.32 bits per heavy atom. The first-order valence-electron chi connectivity index (χ1n) is 7.41. The van der Waals surface area contributed by atoms with Gasteiger partial charge in [0.2, 0.25) is 0 Å². The summed E-state index contributed by atoms with van der Waals surface area (Å²) >= 11 is 5.99. The minimum absolute atomic E-state index is 0.585. The maximum Gasteiger partial charge on any atom is 0.0412 e. The third-order valence-electron chi connectivity index (χ3n) is 4.41. The highest BCUT2D eigenvalue weighted by Crippen LogP contribution is 2.25. The minimum Gasteiger partial charge on any atom is -0.366 e. The maximum absolute atomic E-state index is 5.99. The predicted octanol–water partition coefficient (Wildman–Crippen LogP) is 3.94. The highest BCUT2D eigenvalue weighted by atomic mass is 35.5. The first-order valence-corrected chi connectivity index (χ1v) is 7.79. The molecule has 1 aliphatic heterocycles. The Balaban J connectivity index is 2.16. The van der Waals surface area contributed by atoms with Crippen molar-refractivity contribution in [2.24, 2.45) is 5.92 Å². The zero-order valence-electron chi connectivity index (χ0n) is 12.2. The fraction of sp³-hybridized carbons (Fsp3) is 0.625. The Labute approximate surface area is 122 Å². The molecule has 1 aliphatic rings. The fourth-order valence-corrected chi connectivity index (χ4v) is 2.93. The summed E-state index contributed by atoms with van der Waals surface area (Å²) in [5.41, 5.74) is 1.30. The molecule has 0 radical (unpaired) electrons. The lowest BCUT2D eigenvalue weighted by molar-refractivity contribution is 0.306. The van der Waals surface area contributed by atoms with E-state index in [1.807, 2.05) is 12.1 Å². The first kappa shape index (κ1) is 14.7. The molecule has 0 saturated carbocycles. The van der Waals surface area contributed by atoms with Crippen molar-refractivity contribution < 1.29 is 0 Å². The van der Waals surface area contributed by atoms with Gasteiger partial charge in [0.15, 0.2) is 0 Å². The summed E-state index contributed by atoms with van der Waals surface area (Å²) in [5.74, 6) is 0.715. The standard InChI is InChI=1S/C16H25ClN2/c1-4-12(3)16-11-19(14(5-2)10-18-16)15-8-6-13(17)7-9-15/h6-9,12,14,16,18H,4-5,10-11H2,1-3H3. The highest BCUT2D eigenvalue weighted by molar-refractivity contribution is 6.30. The topological polar surface area (TPSA) is 15.3 Å². The van der Waals surface area contributed by atoms with Crippen LogP contribution in [0.15, 0.2) is 24.3 Å². The molecule has 1 fully saturated rings. The number of nitrogens with zero attached hydrogens (tertiary/aromatic N) is 1. The SMILES string of the molecule is CCC(C)C1CN(c2ccc(Cl)cc2)C(CC)CN1. The fourth-order valence-electron chi connectivity index (χ4n) is 2.80. The highest BCUT2D eigenvalue weighted by Gasteiger charge is 2.29. The number of rotatable bonds is 4. The van der Waals surface area contributed by atoms with Crippen molar-refractivity contribution in [1.29, 1.82) is 0 Å². The summed E-state index contributed by atoms with van der Waals surface area (Å²) in [4.78, 5) is 2.55. The molecule has 0 spiro atoms. The quantitative estimate of drug-likeness (QED) is 0.899. The lowest BCUT2D eigenvalue weighted by Crippen LogP contribution is -2.58. The Bertz CT molecular complexity index is 390. The van der Waals surface area contributed by atoms with E-state index in [4.69, 9.17) is 11.6 Å². The molecule has 3 atom stereocenters. The molecule has 3 heteroatoms. The van der Waals surface area contributed by atoms with Crippen molar-refractivity contribution in [2.45, 2.75) is 45.7 Å². The third kappa shape index (κ3) is 3.43. The van der Waals surface area contributed by atoms with Crippen molar-refractivity contribution in [3.63, 3.8) is 0 Å². The van der Waals surface area contributed by atoms with Crippen LogP contribution in [0, 0.1) is 5.92 Å². The largest absolute Gasteiger partial charge is 0.366 e. The molecule has 1 saturated heterocycles.